The molecule has 0 amide bonds. The van der Waals surface area contributed by atoms with E-state index in [0.717, 1.165) is 18.5 Å². The fourth-order valence-electron chi connectivity index (χ4n) is 0.955. The SMILES string of the molecule is C=C(C)CCC(N)c1cscn1. The van der Waals surface area contributed by atoms with Crippen molar-refractivity contribution in [3.05, 3.63) is 28.7 Å². The van der Waals surface area contributed by atoms with Crippen LogP contribution in [0.25, 0.3) is 0 Å². The van der Waals surface area contributed by atoms with E-state index in [9.17, 15) is 0 Å². The Labute approximate surface area is 77.1 Å². The molecule has 1 aromatic heterocycles. The zero-order valence-corrected chi connectivity index (χ0v) is 8.10. The number of nitrogens with two attached hydrogens (primary N) is 1. The average molecular weight is 182 g/mol. The molecule has 0 spiro atoms. The van der Waals surface area contributed by atoms with E-state index >= 15 is 0 Å². The summed E-state index contributed by atoms with van der Waals surface area (Å²) in [6.45, 7) is 5.86. The molecule has 0 bridgehead atoms. The zero-order chi connectivity index (χ0) is 8.97. The van der Waals surface area contributed by atoms with E-state index in [1.807, 2.05) is 17.8 Å². The summed E-state index contributed by atoms with van der Waals surface area (Å²) in [7, 11) is 0. The van der Waals surface area contributed by atoms with Crippen molar-refractivity contribution in [2.45, 2.75) is 25.8 Å². The largest absolute Gasteiger partial charge is 0.323 e. The molecule has 1 rings (SSSR count). The van der Waals surface area contributed by atoms with Gasteiger partial charge in [0.05, 0.1) is 11.2 Å². The highest BCUT2D eigenvalue weighted by Gasteiger charge is 2.06. The highest BCUT2D eigenvalue weighted by Crippen LogP contribution is 2.17. The third-order valence-corrected chi connectivity index (χ3v) is 2.32. The number of aromatic nitrogens is 1. The Morgan fingerprint density at radius 2 is 2.58 bits per heavy atom. The molecule has 2 nitrogen and oxygen atoms in total. The second-order valence-corrected chi connectivity index (χ2v) is 3.73. The average Bonchev–Trinajstić information content (AvgIpc) is 2.51. The lowest BCUT2D eigenvalue weighted by Crippen LogP contribution is -2.10. The van der Waals surface area contributed by atoms with Crippen LogP contribution in [0.15, 0.2) is 23.0 Å². The lowest BCUT2D eigenvalue weighted by Gasteiger charge is -2.07. The molecule has 0 saturated carbocycles. The van der Waals surface area contributed by atoms with Gasteiger partial charge in [0, 0.05) is 11.4 Å². The van der Waals surface area contributed by atoms with Gasteiger partial charge >= 0.3 is 0 Å². The summed E-state index contributed by atoms with van der Waals surface area (Å²) in [6, 6.07) is 0.0768. The van der Waals surface area contributed by atoms with Crippen molar-refractivity contribution >= 4 is 11.3 Å². The number of hydrogen-bond acceptors (Lipinski definition) is 3. The fourth-order valence-corrected chi connectivity index (χ4v) is 1.57. The quantitative estimate of drug-likeness (QED) is 0.727. The predicted molar refractivity (Wildman–Crippen MR) is 53.1 cm³/mol. The van der Waals surface area contributed by atoms with Crippen molar-refractivity contribution in [1.29, 1.82) is 0 Å². The first-order valence-electron chi connectivity index (χ1n) is 3.98. The van der Waals surface area contributed by atoms with E-state index in [1.54, 1.807) is 11.3 Å². The van der Waals surface area contributed by atoms with Crippen LogP contribution in [0, 0.1) is 0 Å². The predicted octanol–water partition coefficient (Wildman–Crippen LogP) is 2.50. The Morgan fingerprint density at radius 3 is 3.08 bits per heavy atom. The van der Waals surface area contributed by atoms with Crippen molar-refractivity contribution < 1.29 is 0 Å². The Kier molecular flexibility index (Phi) is 3.44. The summed E-state index contributed by atoms with van der Waals surface area (Å²) in [5, 5.41) is 2.00. The standard InChI is InChI=1S/C9H14N2S/c1-7(2)3-4-8(10)9-5-12-6-11-9/h5-6,8H,1,3-4,10H2,2H3. The van der Waals surface area contributed by atoms with Gasteiger partial charge in [-0.25, -0.2) is 4.98 Å². The van der Waals surface area contributed by atoms with Gasteiger partial charge in [0.25, 0.3) is 0 Å². The topological polar surface area (TPSA) is 38.9 Å². The zero-order valence-electron chi connectivity index (χ0n) is 7.29. The molecular weight excluding hydrogens is 168 g/mol. The summed E-state index contributed by atoms with van der Waals surface area (Å²) < 4.78 is 0. The highest BCUT2D eigenvalue weighted by molar-refractivity contribution is 7.07. The molecule has 0 fully saturated rings. The molecule has 0 radical (unpaired) electrons. The summed E-state index contributed by atoms with van der Waals surface area (Å²) in [5.41, 5.74) is 9.89. The van der Waals surface area contributed by atoms with E-state index in [0.29, 0.717) is 0 Å². The summed E-state index contributed by atoms with van der Waals surface area (Å²) in [6.07, 6.45) is 1.93. The smallest absolute Gasteiger partial charge is 0.0795 e. The van der Waals surface area contributed by atoms with Crippen molar-refractivity contribution in [2.24, 2.45) is 5.73 Å². The molecule has 1 heterocycles. The van der Waals surface area contributed by atoms with Gasteiger partial charge < -0.3 is 5.73 Å². The highest BCUT2D eigenvalue weighted by atomic mass is 32.1. The third kappa shape index (κ3) is 2.75. The first kappa shape index (κ1) is 9.42. The van der Waals surface area contributed by atoms with Crippen LogP contribution in [-0.2, 0) is 0 Å². The normalized spacial score (nSPS) is 12.8. The Hall–Kier alpha value is -0.670. The number of hydrogen-bond donors (Lipinski definition) is 1. The molecule has 0 saturated heterocycles. The Morgan fingerprint density at radius 1 is 1.83 bits per heavy atom. The van der Waals surface area contributed by atoms with E-state index in [2.05, 4.69) is 11.6 Å². The van der Waals surface area contributed by atoms with Crippen LogP contribution in [0.1, 0.15) is 31.5 Å². The number of rotatable bonds is 4. The van der Waals surface area contributed by atoms with Gasteiger partial charge in [-0.1, -0.05) is 5.57 Å². The van der Waals surface area contributed by atoms with Gasteiger partial charge in [0.2, 0.25) is 0 Å². The van der Waals surface area contributed by atoms with Crippen LogP contribution < -0.4 is 5.73 Å². The second kappa shape index (κ2) is 4.38. The van der Waals surface area contributed by atoms with E-state index in [1.165, 1.54) is 5.57 Å². The van der Waals surface area contributed by atoms with E-state index in [4.69, 9.17) is 5.73 Å². The molecular formula is C9H14N2S. The van der Waals surface area contributed by atoms with Gasteiger partial charge in [0.15, 0.2) is 0 Å². The molecule has 66 valence electrons. The molecule has 2 N–H and O–H groups in total. The minimum Gasteiger partial charge on any atom is -0.323 e. The molecule has 0 aliphatic carbocycles. The fraction of sp³-hybridized carbons (Fsp3) is 0.444. The molecule has 0 aliphatic rings. The minimum atomic E-state index is 0.0768. The Balaban J connectivity index is 2.39. The first-order chi connectivity index (χ1) is 5.70. The first-order valence-corrected chi connectivity index (χ1v) is 4.92. The number of allylic oxidation sites excluding steroid dienone is 1. The molecule has 1 unspecified atom stereocenters. The molecule has 3 heteroatoms. The van der Waals surface area contributed by atoms with Gasteiger partial charge in [-0.3, -0.25) is 0 Å². The summed E-state index contributed by atoms with van der Waals surface area (Å²) >= 11 is 1.59. The third-order valence-electron chi connectivity index (χ3n) is 1.71. The van der Waals surface area contributed by atoms with E-state index in [-0.39, 0.29) is 6.04 Å². The Bertz CT molecular complexity index is 241. The lowest BCUT2D eigenvalue weighted by molar-refractivity contribution is 0.635. The monoisotopic (exact) mass is 182 g/mol. The van der Waals surface area contributed by atoms with Crippen LogP contribution in [0.4, 0.5) is 0 Å². The maximum Gasteiger partial charge on any atom is 0.0795 e. The molecule has 1 aromatic rings. The molecule has 1 atom stereocenters. The van der Waals surface area contributed by atoms with Crippen LogP contribution in [0.5, 0.6) is 0 Å². The van der Waals surface area contributed by atoms with Gasteiger partial charge in [0.1, 0.15) is 0 Å². The number of thiazole rings is 1. The van der Waals surface area contributed by atoms with Gasteiger partial charge in [-0.05, 0) is 19.8 Å². The maximum absolute atomic E-state index is 5.89. The van der Waals surface area contributed by atoms with Crippen molar-refractivity contribution in [2.75, 3.05) is 0 Å². The summed E-state index contributed by atoms with van der Waals surface area (Å²) in [4.78, 5) is 4.16. The summed E-state index contributed by atoms with van der Waals surface area (Å²) in [5.74, 6) is 0. The van der Waals surface area contributed by atoms with Crippen LogP contribution in [-0.4, -0.2) is 4.98 Å². The molecule has 0 aliphatic heterocycles. The second-order valence-electron chi connectivity index (χ2n) is 3.02. The van der Waals surface area contributed by atoms with Crippen LogP contribution >= 0.6 is 11.3 Å². The van der Waals surface area contributed by atoms with Crippen molar-refractivity contribution in [3.8, 4) is 0 Å². The lowest BCUT2D eigenvalue weighted by atomic mass is 10.1. The number of nitrogens with zero attached hydrogens (tertiary/aromatic N) is 1. The van der Waals surface area contributed by atoms with E-state index < -0.39 is 0 Å². The van der Waals surface area contributed by atoms with Crippen LogP contribution in [0.2, 0.25) is 0 Å². The van der Waals surface area contributed by atoms with Crippen molar-refractivity contribution in [1.82, 2.24) is 4.98 Å². The van der Waals surface area contributed by atoms with Crippen molar-refractivity contribution in [3.63, 3.8) is 0 Å². The molecule has 12 heavy (non-hydrogen) atoms. The van der Waals surface area contributed by atoms with Gasteiger partial charge in [-0.15, -0.1) is 17.9 Å². The maximum atomic E-state index is 5.89. The van der Waals surface area contributed by atoms with Crippen LogP contribution in [0.3, 0.4) is 0 Å². The minimum absolute atomic E-state index is 0.0768. The molecule has 0 aromatic carbocycles. The van der Waals surface area contributed by atoms with Gasteiger partial charge in [-0.2, -0.15) is 0 Å².